The predicted molar refractivity (Wildman–Crippen MR) is 176 cm³/mol. The smallest absolute Gasteiger partial charge is 0.265 e. The van der Waals surface area contributed by atoms with Crippen LogP contribution in [0.15, 0.2) is 109 Å². The molecule has 0 fully saturated rings. The Kier molecular flexibility index (Phi) is 10.3. The molecular formula is C36H35ClN4O4. The standard InChI is InChI=1S/C36H35ClN4O4/c1-25(27-8-4-3-5-9-27)21-41(22-26-16-18-38-19-17-26)35(43)24-45-34-15-13-29(30-10-6-7-11-31(30)34)23-40(2)39-36(44)28-12-14-33(42)32(37)20-28/h3-20,25,42H,21-24H2,1-2H3,(H,39,44). The van der Waals surface area contributed by atoms with Crippen molar-refractivity contribution in [3.8, 4) is 11.5 Å². The molecule has 1 atom stereocenters. The van der Waals surface area contributed by atoms with E-state index in [1.807, 2.05) is 71.6 Å². The normalized spacial score (nSPS) is 11.7. The van der Waals surface area contributed by atoms with Crippen molar-refractivity contribution in [3.05, 3.63) is 137 Å². The number of benzene rings is 4. The number of hydrazine groups is 1. The Morgan fingerprint density at radius 2 is 1.62 bits per heavy atom. The van der Waals surface area contributed by atoms with Crippen molar-refractivity contribution in [2.24, 2.45) is 0 Å². The molecule has 5 aromatic rings. The molecule has 0 saturated heterocycles. The zero-order chi connectivity index (χ0) is 31.8. The summed E-state index contributed by atoms with van der Waals surface area (Å²) in [6, 6.07) is 29.9. The van der Waals surface area contributed by atoms with Gasteiger partial charge in [0.1, 0.15) is 11.5 Å². The molecule has 45 heavy (non-hydrogen) atoms. The fraction of sp³-hybridized carbons (Fsp3) is 0.194. The number of carbonyl (C=O) groups excluding carboxylic acids is 2. The highest BCUT2D eigenvalue weighted by Gasteiger charge is 2.20. The maximum absolute atomic E-state index is 13.6. The molecule has 0 saturated carbocycles. The summed E-state index contributed by atoms with van der Waals surface area (Å²) in [5.74, 6) is 0.202. The van der Waals surface area contributed by atoms with Gasteiger partial charge in [0, 0.05) is 50.0 Å². The second-order valence-corrected chi connectivity index (χ2v) is 11.4. The number of hydrogen-bond acceptors (Lipinski definition) is 6. The number of ether oxygens (including phenoxy) is 1. The lowest BCUT2D eigenvalue weighted by Gasteiger charge is -2.27. The van der Waals surface area contributed by atoms with Crippen molar-refractivity contribution in [1.82, 2.24) is 20.3 Å². The summed E-state index contributed by atoms with van der Waals surface area (Å²) in [5.41, 5.74) is 6.30. The van der Waals surface area contributed by atoms with E-state index in [4.69, 9.17) is 16.3 Å². The van der Waals surface area contributed by atoms with Crippen molar-refractivity contribution < 1.29 is 19.4 Å². The molecule has 1 unspecified atom stereocenters. The molecule has 0 aliphatic carbocycles. The summed E-state index contributed by atoms with van der Waals surface area (Å²) in [6.45, 7) is 3.42. The van der Waals surface area contributed by atoms with E-state index >= 15 is 0 Å². The molecule has 1 heterocycles. The van der Waals surface area contributed by atoms with Crippen LogP contribution in [0.25, 0.3) is 10.8 Å². The minimum atomic E-state index is -0.347. The van der Waals surface area contributed by atoms with Crippen LogP contribution in [0.2, 0.25) is 5.02 Å². The molecule has 5 rings (SSSR count). The number of amides is 2. The number of fused-ring (bicyclic) bond motifs is 1. The lowest BCUT2D eigenvalue weighted by atomic mass is 10.0. The fourth-order valence-corrected chi connectivity index (χ4v) is 5.37. The number of rotatable bonds is 12. The maximum Gasteiger partial charge on any atom is 0.265 e. The average Bonchev–Trinajstić information content (AvgIpc) is 3.06. The molecular weight excluding hydrogens is 588 g/mol. The molecule has 2 N–H and O–H groups in total. The number of nitrogens with zero attached hydrogens (tertiary/aromatic N) is 3. The zero-order valence-electron chi connectivity index (χ0n) is 25.2. The van der Waals surface area contributed by atoms with Crippen molar-refractivity contribution in [2.45, 2.75) is 25.9 Å². The summed E-state index contributed by atoms with van der Waals surface area (Å²) >= 11 is 5.97. The van der Waals surface area contributed by atoms with Crippen molar-refractivity contribution in [1.29, 1.82) is 0 Å². The minimum absolute atomic E-state index is 0.0831. The van der Waals surface area contributed by atoms with Crippen LogP contribution in [0, 0.1) is 0 Å². The summed E-state index contributed by atoms with van der Waals surface area (Å²) < 4.78 is 6.17. The lowest BCUT2D eigenvalue weighted by Crippen LogP contribution is -2.38. The van der Waals surface area contributed by atoms with Gasteiger partial charge in [-0.2, -0.15) is 0 Å². The molecule has 1 aromatic heterocycles. The number of phenolic OH excluding ortho intramolecular Hbond substituents is 1. The Morgan fingerprint density at radius 1 is 0.911 bits per heavy atom. The van der Waals surface area contributed by atoms with E-state index < -0.39 is 0 Å². The van der Waals surface area contributed by atoms with Crippen LogP contribution in [-0.2, 0) is 17.9 Å². The summed E-state index contributed by atoms with van der Waals surface area (Å²) in [6.07, 6.45) is 3.46. The third-order valence-corrected chi connectivity index (χ3v) is 7.88. The SMILES string of the molecule is CC(CN(Cc1ccncc1)C(=O)COc1ccc(CN(C)NC(=O)c2ccc(O)c(Cl)c2)c2ccccc12)c1ccccc1. The Balaban J connectivity index is 1.28. The minimum Gasteiger partial charge on any atom is -0.506 e. The molecule has 230 valence electrons. The number of aromatic nitrogens is 1. The molecule has 0 radical (unpaired) electrons. The first-order chi connectivity index (χ1) is 21.8. The Labute approximate surface area is 267 Å². The first-order valence-corrected chi connectivity index (χ1v) is 15.0. The van der Waals surface area contributed by atoms with E-state index in [-0.39, 0.29) is 35.1 Å². The van der Waals surface area contributed by atoms with Gasteiger partial charge in [-0.25, -0.2) is 5.01 Å². The number of carbonyl (C=O) groups is 2. The van der Waals surface area contributed by atoms with Gasteiger partial charge in [0.15, 0.2) is 6.61 Å². The molecule has 0 aliphatic heterocycles. The van der Waals surface area contributed by atoms with E-state index in [0.717, 1.165) is 21.9 Å². The molecule has 0 spiro atoms. The number of nitrogens with one attached hydrogen (secondary N) is 1. The number of hydrogen-bond donors (Lipinski definition) is 2. The van der Waals surface area contributed by atoms with Gasteiger partial charge in [-0.3, -0.25) is 20.0 Å². The highest BCUT2D eigenvalue weighted by Crippen LogP contribution is 2.30. The molecule has 9 heteroatoms. The number of aromatic hydroxyl groups is 1. The number of pyridine rings is 1. The number of phenols is 1. The van der Waals surface area contributed by atoms with Crippen LogP contribution in [0.4, 0.5) is 0 Å². The van der Waals surface area contributed by atoms with Crippen LogP contribution in [0.1, 0.15) is 39.9 Å². The molecule has 0 aliphatic rings. The number of halogens is 1. The molecule has 2 amide bonds. The third-order valence-electron chi connectivity index (χ3n) is 7.57. The molecule has 0 bridgehead atoms. The average molecular weight is 623 g/mol. The van der Waals surface area contributed by atoms with Gasteiger partial charge in [-0.05, 0) is 64.4 Å². The Bertz CT molecular complexity index is 1770. The second kappa shape index (κ2) is 14.7. The monoisotopic (exact) mass is 622 g/mol. The van der Waals surface area contributed by atoms with E-state index in [1.165, 1.54) is 23.8 Å². The predicted octanol–water partition coefficient (Wildman–Crippen LogP) is 6.58. The Morgan fingerprint density at radius 3 is 2.36 bits per heavy atom. The van der Waals surface area contributed by atoms with E-state index in [0.29, 0.717) is 30.9 Å². The fourth-order valence-electron chi connectivity index (χ4n) is 5.19. The van der Waals surface area contributed by atoms with Crippen LogP contribution in [-0.4, -0.2) is 52.0 Å². The van der Waals surface area contributed by atoms with Crippen LogP contribution >= 0.6 is 11.6 Å². The zero-order valence-corrected chi connectivity index (χ0v) is 25.9. The largest absolute Gasteiger partial charge is 0.506 e. The summed E-state index contributed by atoms with van der Waals surface area (Å²) in [4.78, 5) is 32.3. The topological polar surface area (TPSA) is 95.0 Å². The first kappa shape index (κ1) is 31.5. The van der Waals surface area contributed by atoms with E-state index in [1.54, 1.807) is 24.5 Å². The summed E-state index contributed by atoms with van der Waals surface area (Å²) in [7, 11) is 1.77. The van der Waals surface area contributed by atoms with Crippen LogP contribution in [0.3, 0.4) is 0 Å². The highest BCUT2D eigenvalue weighted by atomic mass is 35.5. The van der Waals surface area contributed by atoms with Gasteiger partial charge in [0.25, 0.3) is 11.8 Å². The third kappa shape index (κ3) is 8.17. The van der Waals surface area contributed by atoms with Crippen LogP contribution in [0.5, 0.6) is 11.5 Å². The molecule has 8 nitrogen and oxygen atoms in total. The van der Waals surface area contributed by atoms with Gasteiger partial charge in [0.2, 0.25) is 0 Å². The van der Waals surface area contributed by atoms with E-state index in [9.17, 15) is 14.7 Å². The van der Waals surface area contributed by atoms with Crippen molar-refractivity contribution in [2.75, 3.05) is 20.2 Å². The molecule has 4 aromatic carbocycles. The van der Waals surface area contributed by atoms with Crippen molar-refractivity contribution in [3.63, 3.8) is 0 Å². The Hall–Kier alpha value is -4.92. The van der Waals surface area contributed by atoms with Crippen molar-refractivity contribution >= 4 is 34.2 Å². The van der Waals surface area contributed by atoms with Gasteiger partial charge in [-0.15, -0.1) is 0 Å². The lowest BCUT2D eigenvalue weighted by molar-refractivity contribution is -0.134. The second-order valence-electron chi connectivity index (χ2n) is 11.0. The van der Waals surface area contributed by atoms with Gasteiger partial charge < -0.3 is 14.7 Å². The van der Waals surface area contributed by atoms with Gasteiger partial charge in [0.05, 0.1) is 5.02 Å². The van der Waals surface area contributed by atoms with Gasteiger partial charge in [-0.1, -0.05) is 79.2 Å². The maximum atomic E-state index is 13.6. The highest BCUT2D eigenvalue weighted by molar-refractivity contribution is 6.32. The first-order valence-electron chi connectivity index (χ1n) is 14.6. The van der Waals surface area contributed by atoms with E-state index in [2.05, 4.69) is 29.5 Å². The quantitative estimate of drug-likeness (QED) is 0.153. The van der Waals surface area contributed by atoms with Gasteiger partial charge >= 0.3 is 0 Å². The summed E-state index contributed by atoms with van der Waals surface area (Å²) in [5, 5.41) is 13.3. The van der Waals surface area contributed by atoms with Crippen LogP contribution < -0.4 is 10.2 Å².